The molecular weight excluding hydrogens is 222 g/mol. The second-order valence-electron chi connectivity index (χ2n) is 4.67. The molecule has 18 heavy (non-hydrogen) atoms. The van der Waals surface area contributed by atoms with Gasteiger partial charge < -0.3 is 5.32 Å². The fraction of sp³-hybridized carbons (Fsp3) is 0.400. The van der Waals surface area contributed by atoms with E-state index in [-0.39, 0.29) is 0 Å². The minimum Gasteiger partial charge on any atom is -0.313 e. The Kier molecular flexibility index (Phi) is 3.82. The SMILES string of the molecule is CCC(NC)c1ccc(-c2cn(C)nc2C)cc1. The molecule has 3 nitrogen and oxygen atoms in total. The van der Waals surface area contributed by atoms with E-state index in [1.54, 1.807) is 0 Å². The summed E-state index contributed by atoms with van der Waals surface area (Å²) in [5.74, 6) is 0. The molecule has 1 unspecified atom stereocenters. The fourth-order valence-electron chi connectivity index (χ4n) is 2.38. The number of nitrogens with one attached hydrogen (secondary N) is 1. The third-order valence-corrected chi connectivity index (χ3v) is 3.39. The van der Waals surface area contributed by atoms with Crippen LogP contribution in [0.1, 0.15) is 30.6 Å². The van der Waals surface area contributed by atoms with Crippen LogP contribution in [0.2, 0.25) is 0 Å². The zero-order valence-electron chi connectivity index (χ0n) is 11.6. The molecule has 0 bridgehead atoms. The van der Waals surface area contributed by atoms with Crippen molar-refractivity contribution in [3.63, 3.8) is 0 Å². The topological polar surface area (TPSA) is 29.9 Å². The number of aromatic nitrogens is 2. The standard InChI is InChI=1S/C15H21N3/c1-5-15(16-3)13-8-6-12(7-9-13)14-10-18(4)17-11(14)2/h6-10,15-16H,5H2,1-4H3. The van der Waals surface area contributed by atoms with Gasteiger partial charge in [-0.15, -0.1) is 0 Å². The molecule has 2 rings (SSSR count). The van der Waals surface area contributed by atoms with Gasteiger partial charge in [0.1, 0.15) is 0 Å². The zero-order valence-corrected chi connectivity index (χ0v) is 11.6. The van der Waals surface area contributed by atoms with E-state index in [1.165, 1.54) is 16.7 Å². The van der Waals surface area contributed by atoms with E-state index in [0.717, 1.165) is 12.1 Å². The summed E-state index contributed by atoms with van der Waals surface area (Å²) in [7, 11) is 3.96. The zero-order chi connectivity index (χ0) is 13.1. The van der Waals surface area contributed by atoms with Crippen molar-refractivity contribution < 1.29 is 0 Å². The molecule has 1 N–H and O–H groups in total. The fourth-order valence-corrected chi connectivity index (χ4v) is 2.38. The molecule has 3 heteroatoms. The highest BCUT2D eigenvalue weighted by atomic mass is 15.2. The molecule has 0 saturated carbocycles. The third-order valence-electron chi connectivity index (χ3n) is 3.39. The van der Waals surface area contributed by atoms with E-state index in [2.05, 4.69) is 47.8 Å². The van der Waals surface area contributed by atoms with Crippen LogP contribution in [0.15, 0.2) is 30.5 Å². The molecule has 0 aliphatic rings. The third kappa shape index (κ3) is 2.46. The molecule has 0 amide bonds. The highest BCUT2D eigenvalue weighted by molar-refractivity contribution is 5.65. The quantitative estimate of drug-likeness (QED) is 0.894. The van der Waals surface area contributed by atoms with Gasteiger partial charge in [0.15, 0.2) is 0 Å². The molecule has 0 radical (unpaired) electrons. The Morgan fingerprint density at radius 1 is 1.28 bits per heavy atom. The van der Waals surface area contributed by atoms with Crippen LogP contribution in [0.4, 0.5) is 0 Å². The molecule has 1 atom stereocenters. The van der Waals surface area contributed by atoms with Crippen LogP contribution >= 0.6 is 0 Å². The van der Waals surface area contributed by atoms with Crippen LogP contribution in [0.5, 0.6) is 0 Å². The van der Waals surface area contributed by atoms with Crippen molar-refractivity contribution in [2.45, 2.75) is 26.3 Å². The molecule has 0 aliphatic heterocycles. The van der Waals surface area contributed by atoms with Gasteiger partial charge in [-0.1, -0.05) is 31.2 Å². The van der Waals surface area contributed by atoms with Crippen LogP contribution in [0, 0.1) is 6.92 Å². The Labute approximate surface area is 109 Å². The first-order valence-corrected chi connectivity index (χ1v) is 6.43. The van der Waals surface area contributed by atoms with E-state index >= 15 is 0 Å². The normalized spacial score (nSPS) is 12.7. The molecule has 0 saturated heterocycles. The van der Waals surface area contributed by atoms with Crippen molar-refractivity contribution in [1.29, 1.82) is 0 Å². The monoisotopic (exact) mass is 243 g/mol. The molecule has 1 aromatic carbocycles. The predicted octanol–water partition coefficient (Wildman–Crippen LogP) is 3.07. The number of hydrogen-bond donors (Lipinski definition) is 1. The summed E-state index contributed by atoms with van der Waals surface area (Å²) in [6.07, 6.45) is 3.17. The maximum Gasteiger partial charge on any atom is 0.0671 e. The van der Waals surface area contributed by atoms with E-state index in [9.17, 15) is 0 Å². The van der Waals surface area contributed by atoms with Crippen LogP contribution in [0.3, 0.4) is 0 Å². The molecular formula is C15H21N3. The van der Waals surface area contributed by atoms with Crippen molar-refractivity contribution >= 4 is 0 Å². The Bertz CT molecular complexity index is 507. The Balaban J connectivity index is 2.30. The van der Waals surface area contributed by atoms with Gasteiger partial charge in [-0.2, -0.15) is 5.10 Å². The van der Waals surface area contributed by atoms with Gasteiger partial charge in [-0.3, -0.25) is 4.68 Å². The van der Waals surface area contributed by atoms with Gasteiger partial charge in [0.05, 0.1) is 5.69 Å². The maximum atomic E-state index is 4.38. The lowest BCUT2D eigenvalue weighted by molar-refractivity contribution is 0.577. The largest absolute Gasteiger partial charge is 0.313 e. The van der Waals surface area contributed by atoms with Crippen molar-refractivity contribution in [2.24, 2.45) is 7.05 Å². The Hall–Kier alpha value is -1.61. The van der Waals surface area contributed by atoms with Gasteiger partial charge in [0.2, 0.25) is 0 Å². The minimum absolute atomic E-state index is 0.439. The summed E-state index contributed by atoms with van der Waals surface area (Å²) in [6, 6.07) is 9.20. The average molecular weight is 243 g/mol. The van der Waals surface area contributed by atoms with E-state index in [0.29, 0.717) is 6.04 Å². The van der Waals surface area contributed by atoms with Crippen LogP contribution < -0.4 is 5.32 Å². The molecule has 2 aromatic rings. The maximum absolute atomic E-state index is 4.38. The summed E-state index contributed by atoms with van der Waals surface area (Å²) >= 11 is 0. The summed E-state index contributed by atoms with van der Waals surface area (Å²) in [6.45, 7) is 4.24. The first kappa shape index (κ1) is 12.8. The van der Waals surface area contributed by atoms with Gasteiger partial charge >= 0.3 is 0 Å². The van der Waals surface area contributed by atoms with Gasteiger partial charge in [0.25, 0.3) is 0 Å². The van der Waals surface area contributed by atoms with Gasteiger partial charge in [-0.05, 0) is 31.5 Å². The Morgan fingerprint density at radius 3 is 2.39 bits per heavy atom. The number of benzene rings is 1. The van der Waals surface area contributed by atoms with E-state index in [4.69, 9.17) is 0 Å². The Morgan fingerprint density at radius 2 is 1.94 bits per heavy atom. The predicted molar refractivity (Wildman–Crippen MR) is 75.5 cm³/mol. The first-order valence-electron chi connectivity index (χ1n) is 6.43. The second-order valence-corrected chi connectivity index (χ2v) is 4.67. The second kappa shape index (κ2) is 5.36. The summed E-state index contributed by atoms with van der Waals surface area (Å²) in [5, 5.41) is 7.71. The van der Waals surface area contributed by atoms with Gasteiger partial charge in [-0.25, -0.2) is 0 Å². The van der Waals surface area contributed by atoms with E-state index < -0.39 is 0 Å². The van der Waals surface area contributed by atoms with Crippen molar-refractivity contribution in [2.75, 3.05) is 7.05 Å². The van der Waals surface area contributed by atoms with Crippen LogP contribution in [0.25, 0.3) is 11.1 Å². The molecule has 0 fully saturated rings. The molecule has 1 aromatic heterocycles. The highest BCUT2D eigenvalue weighted by Crippen LogP contribution is 2.24. The molecule has 0 aliphatic carbocycles. The lowest BCUT2D eigenvalue weighted by Crippen LogP contribution is -2.14. The lowest BCUT2D eigenvalue weighted by atomic mass is 10.00. The minimum atomic E-state index is 0.439. The smallest absolute Gasteiger partial charge is 0.0671 e. The number of aryl methyl sites for hydroxylation is 2. The van der Waals surface area contributed by atoms with Crippen LogP contribution in [-0.2, 0) is 7.05 Å². The number of nitrogens with zero attached hydrogens (tertiary/aromatic N) is 2. The molecule has 0 spiro atoms. The highest BCUT2D eigenvalue weighted by Gasteiger charge is 2.08. The van der Waals surface area contributed by atoms with Crippen LogP contribution in [-0.4, -0.2) is 16.8 Å². The van der Waals surface area contributed by atoms with Crippen molar-refractivity contribution in [3.8, 4) is 11.1 Å². The number of rotatable bonds is 4. The molecule has 96 valence electrons. The van der Waals surface area contributed by atoms with Crippen molar-refractivity contribution in [1.82, 2.24) is 15.1 Å². The summed E-state index contributed by atoms with van der Waals surface area (Å²) in [4.78, 5) is 0. The first-order chi connectivity index (χ1) is 8.65. The average Bonchev–Trinajstić information content (AvgIpc) is 2.71. The molecule has 1 heterocycles. The van der Waals surface area contributed by atoms with Crippen molar-refractivity contribution in [3.05, 3.63) is 41.7 Å². The number of hydrogen-bond acceptors (Lipinski definition) is 2. The van der Waals surface area contributed by atoms with E-state index in [1.807, 2.05) is 25.7 Å². The van der Waals surface area contributed by atoms with Gasteiger partial charge in [0, 0.05) is 24.8 Å². The lowest BCUT2D eigenvalue weighted by Gasteiger charge is -2.14. The summed E-state index contributed by atoms with van der Waals surface area (Å²) < 4.78 is 1.86. The summed E-state index contributed by atoms with van der Waals surface area (Å²) in [5.41, 5.74) is 4.85.